The van der Waals surface area contributed by atoms with Gasteiger partial charge in [0, 0.05) is 57.0 Å². The number of hydrogen-bond donors (Lipinski definition) is 2. The number of aromatic nitrogens is 2. The van der Waals surface area contributed by atoms with E-state index in [-0.39, 0.29) is 49.0 Å². The number of rotatable bonds is 5. The number of aliphatic hydroxyl groups excluding tert-OH is 1. The second-order valence-electron chi connectivity index (χ2n) is 8.26. The molecule has 170 valence electrons. The predicted molar refractivity (Wildman–Crippen MR) is 117 cm³/mol. The van der Waals surface area contributed by atoms with Gasteiger partial charge >= 0.3 is 0 Å². The van der Waals surface area contributed by atoms with E-state index in [1.54, 1.807) is 10.4 Å². The maximum atomic E-state index is 15.2. The highest BCUT2D eigenvalue weighted by atomic mass is 35.5. The minimum atomic E-state index is -3.41. The van der Waals surface area contributed by atoms with Gasteiger partial charge in [-0.2, -0.15) is 5.10 Å². The van der Waals surface area contributed by atoms with Gasteiger partial charge in [0.15, 0.2) is 0 Å². The average molecular weight is 475 g/mol. The van der Waals surface area contributed by atoms with Crippen molar-refractivity contribution < 1.29 is 22.9 Å². The van der Waals surface area contributed by atoms with Gasteiger partial charge in [-0.1, -0.05) is 11.6 Å². The van der Waals surface area contributed by atoms with Crippen molar-refractivity contribution in [1.29, 1.82) is 0 Å². The van der Waals surface area contributed by atoms with Gasteiger partial charge in [-0.25, -0.2) is 13.1 Å². The van der Waals surface area contributed by atoms with Crippen LogP contribution in [0.15, 0.2) is 18.3 Å². The van der Waals surface area contributed by atoms with E-state index in [1.165, 1.54) is 17.2 Å². The minimum Gasteiger partial charge on any atom is -0.382 e. The van der Waals surface area contributed by atoms with Gasteiger partial charge in [0.05, 0.1) is 18.3 Å². The van der Waals surface area contributed by atoms with Crippen LogP contribution in [0.1, 0.15) is 30.9 Å². The molecule has 7 nitrogen and oxygen atoms in total. The second-order valence-corrected chi connectivity index (χ2v) is 11.2. The first-order valence-electron chi connectivity index (χ1n) is 10.2. The lowest BCUT2D eigenvalue weighted by Gasteiger charge is -2.38. The number of hydrogen-bond acceptors (Lipinski definition) is 4. The summed E-state index contributed by atoms with van der Waals surface area (Å²) in [6, 6.07) is 2.91. The highest BCUT2D eigenvalue weighted by molar-refractivity contribution is 7.98. The molecule has 11 heteroatoms. The number of nitrogens with zero attached hydrogens (tertiary/aromatic N) is 3. The number of aromatic amines is 1. The fraction of sp³-hybridized carbons (Fsp3) is 0.550. The molecular formula is C20H25ClF2N4O3S. The van der Waals surface area contributed by atoms with Gasteiger partial charge in [-0.05, 0) is 37.3 Å². The van der Waals surface area contributed by atoms with Crippen molar-refractivity contribution >= 4 is 44.0 Å². The first-order chi connectivity index (χ1) is 14.6. The van der Waals surface area contributed by atoms with Crippen molar-refractivity contribution in [2.45, 2.75) is 31.3 Å². The Hall–Kier alpha value is -1.75. The fourth-order valence-corrected chi connectivity index (χ4v) is 6.30. The molecule has 2 atom stereocenters. The molecule has 2 unspecified atom stereocenters. The number of H-pyrrole nitrogens is 1. The molecule has 0 spiro atoms. The lowest BCUT2D eigenvalue weighted by Crippen LogP contribution is -2.48. The summed E-state index contributed by atoms with van der Waals surface area (Å²) in [7, 11) is -2.40. The number of carbonyl (C=O) groups is 1. The summed E-state index contributed by atoms with van der Waals surface area (Å²) in [4.78, 5) is 14.1. The molecule has 2 aromatic rings. The smallest absolute Gasteiger partial charge is 0.280 e. The topological polar surface area (TPSA) is 89.5 Å². The highest BCUT2D eigenvalue weighted by Gasteiger charge is 2.49. The number of halogens is 3. The summed E-state index contributed by atoms with van der Waals surface area (Å²) in [5.74, 6) is -0.549. The van der Waals surface area contributed by atoms with Gasteiger partial charge in [0.1, 0.15) is 6.10 Å². The highest BCUT2D eigenvalue weighted by Crippen LogP contribution is 2.44. The number of carbonyl (C=O) groups excluding carboxylic acids is 1. The number of piperidine rings is 1. The average Bonchev–Trinajstić information content (AvgIpc) is 3.32. The summed E-state index contributed by atoms with van der Waals surface area (Å²) in [5.41, 5.74) is 0.328. The molecule has 2 N–H and O–H groups in total. The molecule has 3 heterocycles. The summed E-state index contributed by atoms with van der Waals surface area (Å²) >= 11 is 6.03. The Morgan fingerprint density at radius 2 is 2.10 bits per heavy atom. The van der Waals surface area contributed by atoms with Crippen LogP contribution in [0, 0.1) is 5.92 Å². The standard InChI is InChI=1S/C20H25ClF2N4O3S/c1-31(30)8-2-5-27(31)12-17(28)26-6-3-14(4-7-26)20(22,23)19(29)16-10-15(21)9-13-11-24-25-18(13)16/h9-11,14,19,29H,1-8,12H2,(H,24,25). The largest absolute Gasteiger partial charge is 0.382 e. The maximum Gasteiger partial charge on any atom is 0.280 e. The molecular weight excluding hydrogens is 450 g/mol. The summed E-state index contributed by atoms with van der Waals surface area (Å²) in [6.45, 7) is 0.864. The van der Waals surface area contributed by atoms with Crippen molar-refractivity contribution in [2.24, 2.45) is 5.92 Å². The molecule has 1 amide bonds. The van der Waals surface area contributed by atoms with E-state index in [9.17, 15) is 14.1 Å². The molecule has 2 aliphatic rings. The van der Waals surface area contributed by atoms with Crippen LogP contribution in [-0.2, 0) is 14.5 Å². The first-order valence-corrected chi connectivity index (χ1v) is 12.4. The van der Waals surface area contributed by atoms with Crippen LogP contribution in [0.25, 0.3) is 10.9 Å². The van der Waals surface area contributed by atoms with E-state index < -0.39 is 27.7 Å². The van der Waals surface area contributed by atoms with Crippen LogP contribution in [0.3, 0.4) is 0 Å². The third kappa shape index (κ3) is 4.30. The third-order valence-corrected chi connectivity index (χ3v) is 8.65. The van der Waals surface area contributed by atoms with Gasteiger partial charge in [-0.15, -0.1) is 0 Å². The van der Waals surface area contributed by atoms with Crippen molar-refractivity contribution in [3.8, 4) is 0 Å². The number of amides is 1. The summed E-state index contributed by atoms with van der Waals surface area (Å²) < 4.78 is 44.4. The van der Waals surface area contributed by atoms with E-state index in [0.29, 0.717) is 23.2 Å². The molecule has 2 fully saturated rings. The Labute approximate surface area is 184 Å². The number of aliphatic hydroxyl groups is 1. The molecule has 31 heavy (non-hydrogen) atoms. The normalized spacial score (nSPS) is 24.7. The minimum absolute atomic E-state index is 0.00254. The van der Waals surface area contributed by atoms with Crippen LogP contribution in [0.2, 0.25) is 5.02 Å². The van der Waals surface area contributed by atoms with Gasteiger partial charge in [0.25, 0.3) is 5.92 Å². The van der Waals surface area contributed by atoms with Crippen LogP contribution in [0.4, 0.5) is 8.78 Å². The van der Waals surface area contributed by atoms with Crippen LogP contribution in [0.5, 0.6) is 0 Å². The number of likely N-dealkylation sites (tertiary alicyclic amines) is 1. The Morgan fingerprint density at radius 1 is 1.39 bits per heavy atom. The van der Waals surface area contributed by atoms with Crippen LogP contribution < -0.4 is 0 Å². The van der Waals surface area contributed by atoms with E-state index in [2.05, 4.69) is 16.1 Å². The molecule has 1 aromatic carbocycles. The molecule has 0 saturated carbocycles. The van der Waals surface area contributed by atoms with Gasteiger partial charge in [-0.3, -0.25) is 14.1 Å². The SMILES string of the molecule is C=S1(=O)CCCN1CC(=O)N1CCC(C(F)(F)C(O)c2cc(Cl)cc3cn[nH]c23)CC1. The Kier molecular flexibility index (Phi) is 6.01. The Bertz CT molecular complexity index is 1080. The third-order valence-electron chi connectivity index (χ3n) is 6.25. The zero-order valence-electron chi connectivity index (χ0n) is 16.9. The van der Waals surface area contributed by atoms with E-state index in [0.717, 1.165) is 6.42 Å². The van der Waals surface area contributed by atoms with E-state index >= 15 is 8.78 Å². The summed E-state index contributed by atoms with van der Waals surface area (Å²) in [6.07, 6.45) is 0.255. The molecule has 2 saturated heterocycles. The van der Waals surface area contributed by atoms with E-state index in [1.807, 2.05) is 0 Å². The lowest BCUT2D eigenvalue weighted by atomic mass is 9.85. The van der Waals surface area contributed by atoms with Crippen LogP contribution >= 0.6 is 11.6 Å². The lowest BCUT2D eigenvalue weighted by molar-refractivity contribution is -0.164. The van der Waals surface area contributed by atoms with Crippen LogP contribution in [-0.4, -0.2) is 78.3 Å². The van der Waals surface area contributed by atoms with Crippen molar-refractivity contribution in [3.05, 3.63) is 28.9 Å². The maximum absolute atomic E-state index is 15.2. The Balaban J connectivity index is 1.42. The molecule has 0 radical (unpaired) electrons. The number of benzene rings is 1. The molecule has 4 rings (SSSR count). The monoisotopic (exact) mass is 474 g/mol. The fourth-order valence-electron chi connectivity index (χ4n) is 4.42. The van der Waals surface area contributed by atoms with Crippen molar-refractivity contribution in [3.63, 3.8) is 0 Å². The zero-order chi connectivity index (χ0) is 22.4. The molecule has 2 aliphatic heterocycles. The quantitative estimate of drug-likeness (QED) is 0.651. The van der Waals surface area contributed by atoms with Gasteiger partial charge in [0.2, 0.25) is 5.91 Å². The first kappa shape index (κ1) is 22.4. The summed E-state index contributed by atoms with van der Waals surface area (Å²) in [5, 5.41) is 17.9. The Morgan fingerprint density at radius 3 is 2.74 bits per heavy atom. The number of nitrogens with one attached hydrogen (secondary N) is 1. The van der Waals surface area contributed by atoms with Crippen molar-refractivity contribution in [1.82, 2.24) is 19.4 Å². The second kappa shape index (κ2) is 8.31. The number of alkyl halides is 2. The molecule has 0 aliphatic carbocycles. The molecule has 0 bridgehead atoms. The number of fused-ring (bicyclic) bond motifs is 1. The van der Waals surface area contributed by atoms with Gasteiger partial charge < -0.3 is 10.0 Å². The van der Waals surface area contributed by atoms with Crippen molar-refractivity contribution in [2.75, 3.05) is 31.9 Å². The zero-order valence-corrected chi connectivity index (χ0v) is 18.5. The predicted octanol–water partition coefficient (Wildman–Crippen LogP) is 2.46. The van der Waals surface area contributed by atoms with E-state index in [4.69, 9.17) is 11.6 Å². The molecule has 1 aromatic heterocycles.